The molecule has 142 valence electrons. The first-order valence-corrected chi connectivity index (χ1v) is 9.15. The Morgan fingerprint density at radius 1 is 0.964 bits per heavy atom. The summed E-state index contributed by atoms with van der Waals surface area (Å²) < 4.78 is 18.6. The number of ether oxygens (including phenoxy) is 1. The van der Waals surface area contributed by atoms with Gasteiger partial charge in [0.05, 0.1) is 12.6 Å². The Morgan fingerprint density at radius 2 is 1.54 bits per heavy atom. The molecule has 1 aliphatic carbocycles. The molecule has 28 heavy (non-hydrogen) atoms. The zero-order valence-corrected chi connectivity index (χ0v) is 15.1. The molecule has 0 heterocycles. The third-order valence-corrected chi connectivity index (χ3v) is 5.09. The molecule has 1 amide bonds. The molecule has 5 heteroatoms. The van der Waals surface area contributed by atoms with Gasteiger partial charge in [-0.25, -0.2) is 9.18 Å². The largest absolute Gasteiger partial charge is 0.449 e. The predicted octanol–water partition coefficient (Wildman–Crippen LogP) is 4.40. The van der Waals surface area contributed by atoms with Gasteiger partial charge in [-0.05, 0) is 39.9 Å². The maximum Gasteiger partial charge on any atom is 0.407 e. The first-order chi connectivity index (χ1) is 13.7. The van der Waals surface area contributed by atoms with Crippen LogP contribution in [0.3, 0.4) is 0 Å². The highest BCUT2D eigenvalue weighted by Crippen LogP contribution is 2.44. The van der Waals surface area contributed by atoms with Crippen molar-refractivity contribution in [2.45, 2.75) is 12.0 Å². The number of halogens is 1. The topological polar surface area (TPSA) is 58.6 Å². The van der Waals surface area contributed by atoms with Gasteiger partial charge in [-0.15, -0.1) is 0 Å². The maximum atomic E-state index is 13.1. The fourth-order valence-electron chi connectivity index (χ4n) is 3.71. The van der Waals surface area contributed by atoms with Crippen molar-refractivity contribution >= 4 is 6.09 Å². The van der Waals surface area contributed by atoms with Crippen molar-refractivity contribution in [3.63, 3.8) is 0 Å². The second-order valence-electron chi connectivity index (χ2n) is 6.76. The van der Waals surface area contributed by atoms with Gasteiger partial charge in [0.25, 0.3) is 0 Å². The molecule has 2 N–H and O–H groups in total. The number of hydrogen-bond acceptors (Lipinski definition) is 3. The summed E-state index contributed by atoms with van der Waals surface area (Å²) in [5.41, 5.74) is 5.19. The molecule has 3 aromatic carbocycles. The standard InChI is InChI=1S/C23H20FNO3/c24-16-11-9-15(10-12-16)22(13-26)25-23(27)28-14-21-19-7-3-1-5-17(19)18-6-2-4-8-20(18)21/h1-12,21-22,26H,13-14H2,(H,25,27). The summed E-state index contributed by atoms with van der Waals surface area (Å²) in [6.07, 6.45) is -0.620. The van der Waals surface area contributed by atoms with Gasteiger partial charge in [0.15, 0.2) is 0 Å². The molecule has 0 saturated carbocycles. The van der Waals surface area contributed by atoms with Crippen LogP contribution in [0.5, 0.6) is 0 Å². The maximum absolute atomic E-state index is 13.1. The van der Waals surface area contributed by atoms with E-state index < -0.39 is 12.1 Å². The number of carbonyl (C=O) groups is 1. The zero-order valence-electron chi connectivity index (χ0n) is 15.1. The SMILES string of the molecule is O=C(NC(CO)c1ccc(F)cc1)OCC1c2ccccc2-c2ccccc21. The molecule has 0 fully saturated rings. The molecule has 4 nitrogen and oxygen atoms in total. The van der Waals surface area contributed by atoms with E-state index in [9.17, 15) is 14.3 Å². The Morgan fingerprint density at radius 3 is 2.11 bits per heavy atom. The van der Waals surface area contributed by atoms with Crippen molar-refractivity contribution in [3.8, 4) is 11.1 Å². The van der Waals surface area contributed by atoms with Crippen LogP contribution in [-0.4, -0.2) is 24.4 Å². The minimum atomic E-state index is -0.656. The van der Waals surface area contributed by atoms with E-state index in [1.54, 1.807) is 0 Å². The third kappa shape index (κ3) is 3.49. The van der Waals surface area contributed by atoms with Crippen molar-refractivity contribution in [2.24, 2.45) is 0 Å². The number of benzene rings is 3. The molecule has 0 saturated heterocycles. The molecule has 0 aliphatic heterocycles. The van der Waals surface area contributed by atoms with Crippen LogP contribution in [0.1, 0.15) is 28.7 Å². The molecule has 1 unspecified atom stereocenters. The summed E-state index contributed by atoms with van der Waals surface area (Å²) in [6.45, 7) is -0.114. The molecule has 1 atom stereocenters. The zero-order chi connectivity index (χ0) is 19.5. The lowest BCUT2D eigenvalue weighted by molar-refractivity contribution is 0.132. The van der Waals surface area contributed by atoms with E-state index >= 15 is 0 Å². The Labute approximate surface area is 162 Å². The van der Waals surface area contributed by atoms with E-state index in [1.807, 2.05) is 24.3 Å². The summed E-state index contributed by atoms with van der Waals surface area (Å²) in [4.78, 5) is 12.3. The predicted molar refractivity (Wildman–Crippen MR) is 104 cm³/mol. The minimum Gasteiger partial charge on any atom is -0.449 e. The average molecular weight is 377 g/mol. The first-order valence-electron chi connectivity index (χ1n) is 9.15. The lowest BCUT2D eigenvalue weighted by atomic mass is 9.98. The van der Waals surface area contributed by atoms with Crippen LogP contribution in [0.4, 0.5) is 9.18 Å². The molecule has 1 aliphatic rings. The summed E-state index contributed by atoms with van der Waals surface area (Å²) in [6, 6.07) is 21.2. The van der Waals surface area contributed by atoms with Gasteiger partial charge in [-0.3, -0.25) is 0 Å². The number of carbonyl (C=O) groups excluding carboxylic acids is 1. The number of aliphatic hydroxyl groups is 1. The molecule has 0 aromatic heterocycles. The van der Waals surface area contributed by atoms with Gasteiger partial charge in [-0.2, -0.15) is 0 Å². The van der Waals surface area contributed by atoms with Gasteiger partial charge in [0.2, 0.25) is 0 Å². The van der Waals surface area contributed by atoms with Crippen molar-refractivity contribution in [2.75, 3.05) is 13.2 Å². The quantitative estimate of drug-likeness (QED) is 0.693. The molecule has 4 rings (SSSR count). The van der Waals surface area contributed by atoms with Crippen LogP contribution >= 0.6 is 0 Å². The molecule has 0 spiro atoms. The molecule has 3 aromatic rings. The fraction of sp³-hybridized carbons (Fsp3) is 0.174. The lowest BCUT2D eigenvalue weighted by Gasteiger charge is -2.19. The number of fused-ring (bicyclic) bond motifs is 3. The normalized spacial score (nSPS) is 13.5. The highest BCUT2D eigenvalue weighted by molar-refractivity contribution is 5.79. The van der Waals surface area contributed by atoms with Crippen molar-refractivity contribution in [1.29, 1.82) is 0 Å². The number of rotatable bonds is 5. The fourth-order valence-corrected chi connectivity index (χ4v) is 3.71. The van der Waals surface area contributed by atoms with Crippen molar-refractivity contribution < 1.29 is 19.0 Å². The monoisotopic (exact) mass is 377 g/mol. The highest BCUT2D eigenvalue weighted by atomic mass is 19.1. The van der Waals surface area contributed by atoms with E-state index in [-0.39, 0.29) is 24.9 Å². The number of alkyl carbamates (subject to hydrolysis) is 1. The van der Waals surface area contributed by atoms with Crippen LogP contribution in [-0.2, 0) is 4.74 Å². The van der Waals surface area contributed by atoms with E-state index in [1.165, 1.54) is 24.3 Å². The Kier molecular flexibility index (Phi) is 5.08. The Hall–Kier alpha value is -3.18. The average Bonchev–Trinajstić information content (AvgIpc) is 3.05. The smallest absolute Gasteiger partial charge is 0.407 e. The minimum absolute atomic E-state index is 0.0310. The van der Waals surface area contributed by atoms with Crippen LogP contribution in [0, 0.1) is 5.82 Å². The summed E-state index contributed by atoms with van der Waals surface area (Å²) >= 11 is 0. The number of aliphatic hydroxyl groups excluding tert-OH is 1. The van der Waals surface area contributed by atoms with E-state index in [0.717, 1.165) is 22.3 Å². The second-order valence-corrected chi connectivity index (χ2v) is 6.76. The van der Waals surface area contributed by atoms with Crippen LogP contribution in [0.15, 0.2) is 72.8 Å². The van der Waals surface area contributed by atoms with Crippen LogP contribution in [0.2, 0.25) is 0 Å². The van der Waals surface area contributed by atoms with E-state index in [2.05, 4.69) is 29.6 Å². The molecule has 0 bridgehead atoms. The summed E-state index contributed by atoms with van der Waals surface area (Å²) in [5, 5.41) is 12.2. The van der Waals surface area contributed by atoms with E-state index in [0.29, 0.717) is 5.56 Å². The molecule has 0 radical (unpaired) electrons. The van der Waals surface area contributed by atoms with Crippen LogP contribution < -0.4 is 5.32 Å². The third-order valence-electron chi connectivity index (χ3n) is 5.09. The first kappa shape index (κ1) is 18.2. The highest BCUT2D eigenvalue weighted by Gasteiger charge is 2.29. The van der Waals surface area contributed by atoms with Gasteiger partial charge in [0.1, 0.15) is 12.4 Å². The second kappa shape index (κ2) is 7.82. The van der Waals surface area contributed by atoms with Gasteiger partial charge >= 0.3 is 6.09 Å². The molecular weight excluding hydrogens is 357 g/mol. The van der Waals surface area contributed by atoms with Gasteiger partial charge in [0, 0.05) is 5.92 Å². The summed E-state index contributed by atoms with van der Waals surface area (Å²) in [7, 11) is 0. The summed E-state index contributed by atoms with van der Waals surface area (Å²) in [5.74, 6) is -0.405. The van der Waals surface area contributed by atoms with Crippen molar-refractivity contribution in [3.05, 3.63) is 95.3 Å². The van der Waals surface area contributed by atoms with Crippen molar-refractivity contribution in [1.82, 2.24) is 5.32 Å². The lowest BCUT2D eigenvalue weighted by Crippen LogP contribution is -2.32. The Bertz CT molecular complexity index is 942. The number of hydrogen-bond donors (Lipinski definition) is 2. The van der Waals surface area contributed by atoms with E-state index in [4.69, 9.17) is 4.74 Å². The van der Waals surface area contributed by atoms with Crippen LogP contribution in [0.25, 0.3) is 11.1 Å². The van der Waals surface area contributed by atoms with Gasteiger partial charge < -0.3 is 15.2 Å². The number of amides is 1. The van der Waals surface area contributed by atoms with Gasteiger partial charge in [-0.1, -0.05) is 60.7 Å². The number of nitrogens with one attached hydrogen (secondary N) is 1. The molecular formula is C23H20FNO3. The Balaban J connectivity index is 1.45.